The fourth-order valence-corrected chi connectivity index (χ4v) is 2.21. The summed E-state index contributed by atoms with van der Waals surface area (Å²) in [5, 5.41) is -1.80. The molecule has 0 aromatic rings. The first-order chi connectivity index (χ1) is 8.93. The van der Waals surface area contributed by atoms with Crippen molar-refractivity contribution in [1.29, 1.82) is 0 Å². The van der Waals surface area contributed by atoms with E-state index >= 15 is 0 Å². The van der Waals surface area contributed by atoms with Crippen LogP contribution in [0.5, 0.6) is 0 Å². The van der Waals surface area contributed by atoms with Gasteiger partial charge < -0.3 is 9.53 Å². The molecule has 0 aromatic heterocycles. The van der Waals surface area contributed by atoms with E-state index in [1.807, 2.05) is 0 Å². The van der Waals surface area contributed by atoms with E-state index in [1.165, 1.54) is 6.42 Å². The average molecular weight is 294 g/mol. The third kappa shape index (κ3) is 8.72. The van der Waals surface area contributed by atoms with Crippen LogP contribution in [-0.2, 0) is 24.4 Å². The molecule has 0 aliphatic rings. The molecule has 0 aliphatic carbocycles. The summed E-state index contributed by atoms with van der Waals surface area (Å²) in [5.41, 5.74) is 0. The van der Waals surface area contributed by atoms with Crippen LogP contribution >= 0.6 is 0 Å². The molecule has 6 nitrogen and oxygen atoms in total. The number of unbranched alkanes of at least 4 members (excludes halogenated alkanes) is 5. The van der Waals surface area contributed by atoms with E-state index in [0.717, 1.165) is 25.7 Å². The molecule has 0 spiro atoms. The number of ether oxygens (including phenoxy) is 1. The Hall–Kier alpha value is -0.950. The molecule has 0 heterocycles. The Balaban J connectivity index is 3.92. The molecule has 112 valence electrons. The van der Waals surface area contributed by atoms with Crippen molar-refractivity contribution in [2.45, 2.75) is 57.1 Å². The first-order valence-electron chi connectivity index (χ1n) is 6.50. The van der Waals surface area contributed by atoms with Crippen molar-refractivity contribution in [1.82, 2.24) is 0 Å². The Kier molecular flexibility index (Phi) is 9.42. The standard InChI is InChI=1S/C12H22O6S/c1-2-3-4-5-6-7-10-18-12(14)11(8-9-13)19(15,16)17/h9,11H,2-8,10H2,1H3,(H,15,16,17). The highest BCUT2D eigenvalue weighted by Crippen LogP contribution is 2.08. The smallest absolute Gasteiger partial charge is 0.327 e. The van der Waals surface area contributed by atoms with Crippen molar-refractivity contribution >= 4 is 22.4 Å². The van der Waals surface area contributed by atoms with Crippen molar-refractivity contribution in [2.75, 3.05) is 6.61 Å². The Morgan fingerprint density at radius 1 is 1.21 bits per heavy atom. The minimum Gasteiger partial charge on any atom is -0.465 e. The lowest BCUT2D eigenvalue weighted by Crippen LogP contribution is -2.32. The van der Waals surface area contributed by atoms with Crippen molar-refractivity contribution in [2.24, 2.45) is 0 Å². The first-order valence-corrected chi connectivity index (χ1v) is 8.00. The second-order valence-electron chi connectivity index (χ2n) is 4.34. The summed E-state index contributed by atoms with van der Waals surface area (Å²) >= 11 is 0. The molecule has 7 heteroatoms. The third-order valence-electron chi connectivity index (χ3n) is 2.67. The monoisotopic (exact) mass is 294 g/mol. The predicted octanol–water partition coefficient (Wildman–Crippen LogP) is 1.74. The summed E-state index contributed by atoms with van der Waals surface area (Å²) in [4.78, 5) is 21.7. The van der Waals surface area contributed by atoms with Gasteiger partial charge in [0.15, 0.2) is 5.25 Å². The topological polar surface area (TPSA) is 97.7 Å². The summed E-state index contributed by atoms with van der Waals surface area (Å²) in [7, 11) is -4.59. The van der Waals surface area contributed by atoms with Crippen molar-refractivity contribution in [3.63, 3.8) is 0 Å². The Labute approximate surface area is 114 Å². The molecule has 0 radical (unpaired) electrons. The van der Waals surface area contributed by atoms with Gasteiger partial charge in [-0.05, 0) is 6.42 Å². The molecule has 0 aromatic carbocycles. The second-order valence-corrected chi connectivity index (χ2v) is 5.94. The van der Waals surface area contributed by atoms with Crippen LogP contribution in [-0.4, -0.2) is 37.1 Å². The number of carbonyl (C=O) groups is 2. The normalized spacial score (nSPS) is 12.9. The number of rotatable bonds is 11. The summed E-state index contributed by atoms with van der Waals surface area (Å²) in [5.74, 6) is -1.07. The second kappa shape index (κ2) is 9.91. The van der Waals surface area contributed by atoms with Gasteiger partial charge in [0.25, 0.3) is 10.1 Å². The number of hydrogen-bond acceptors (Lipinski definition) is 5. The van der Waals surface area contributed by atoms with Crippen molar-refractivity contribution in [3.05, 3.63) is 0 Å². The van der Waals surface area contributed by atoms with E-state index in [2.05, 4.69) is 6.92 Å². The molecule has 1 atom stereocenters. The van der Waals surface area contributed by atoms with Gasteiger partial charge in [-0.2, -0.15) is 8.42 Å². The summed E-state index contributed by atoms with van der Waals surface area (Å²) in [6.07, 6.45) is 5.72. The zero-order valence-electron chi connectivity index (χ0n) is 11.2. The molecule has 1 unspecified atom stereocenters. The van der Waals surface area contributed by atoms with Crippen LogP contribution in [0.4, 0.5) is 0 Å². The lowest BCUT2D eigenvalue weighted by Gasteiger charge is -2.10. The van der Waals surface area contributed by atoms with Gasteiger partial charge in [-0.3, -0.25) is 9.35 Å². The molecule has 19 heavy (non-hydrogen) atoms. The van der Waals surface area contributed by atoms with Crippen LogP contribution in [0.3, 0.4) is 0 Å². The van der Waals surface area contributed by atoms with Gasteiger partial charge in [-0.25, -0.2) is 0 Å². The maximum atomic E-state index is 11.4. The summed E-state index contributed by atoms with van der Waals surface area (Å²) in [6.45, 7) is 2.22. The van der Waals surface area contributed by atoms with Crippen LogP contribution in [0.15, 0.2) is 0 Å². The Morgan fingerprint density at radius 3 is 2.32 bits per heavy atom. The summed E-state index contributed by atoms with van der Waals surface area (Å²) in [6, 6.07) is 0. The van der Waals surface area contributed by atoms with E-state index in [1.54, 1.807) is 0 Å². The summed E-state index contributed by atoms with van der Waals surface area (Å²) < 4.78 is 35.3. The molecule has 1 N–H and O–H groups in total. The maximum absolute atomic E-state index is 11.4. The van der Waals surface area contributed by atoms with Crippen LogP contribution in [0.2, 0.25) is 0 Å². The van der Waals surface area contributed by atoms with Gasteiger partial charge in [-0.1, -0.05) is 39.0 Å². The highest BCUT2D eigenvalue weighted by Gasteiger charge is 2.32. The van der Waals surface area contributed by atoms with Crippen molar-refractivity contribution < 1.29 is 27.3 Å². The zero-order valence-corrected chi connectivity index (χ0v) is 12.0. The van der Waals surface area contributed by atoms with Crippen LogP contribution in [0.25, 0.3) is 0 Å². The average Bonchev–Trinajstić information content (AvgIpc) is 2.33. The Bertz CT molecular complexity index is 362. The van der Waals surface area contributed by atoms with E-state index < -0.39 is 27.8 Å². The lowest BCUT2D eigenvalue weighted by atomic mass is 10.1. The van der Waals surface area contributed by atoms with Gasteiger partial charge in [0.1, 0.15) is 6.29 Å². The highest BCUT2D eigenvalue weighted by molar-refractivity contribution is 7.87. The number of aldehydes is 1. The van der Waals surface area contributed by atoms with Crippen LogP contribution < -0.4 is 0 Å². The van der Waals surface area contributed by atoms with Gasteiger partial charge in [0, 0.05) is 6.42 Å². The zero-order chi connectivity index (χ0) is 14.7. The molecular weight excluding hydrogens is 272 g/mol. The van der Waals surface area contributed by atoms with Crippen LogP contribution in [0.1, 0.15) is 51.9 Å². The number of hydrogen-bond donors (Lipinski definition) is 1. The first kappa shape index (κ1) is 18.0. The van der Waals surface area contributed by atoms with E-state index in [0.29, 0.717) is 6.42 Å². The van der Waals surface area contributed by atoms with Crippen LogP contribution in [0, 0.1) is 0 Å². The molecule has 0 fully saturated rings. The van der Waals surface area contributed by atoms with Gasteiger partial charge in [0.2, 0.25) is 0 Å². The number of carbonyl (C=O) groups excluding carboxylic acids is 2. The largest absolute Gasteiger partial charge is 0.465 e. The lowest BCUT2D eigenvalue weighted by molar-refractivity contribution is -0.144. The third-order valence-corrected chi connectivity index (χ3v) is 3.78. The minimum atomic E-state index is -4.59. The fourth-order valence-electron chi connectivity index (χ4n) is 1.57. The molecule has 0 rings (SSSR count). The van der Waals surface area contributed by atoms with E-state index in [-0.39, 0.29) is 12.9 Å². The fraction of sp³-hybridized carbons (Fsp3) is 0.833. The van der Waals surface area contributed by atoms with Crippen molar-refractivity contribution in [3.8, 4) is 0 Å². The quantitative estimate of drug-likeness (QED) is 0.270. The predicted molar refractivity (Wildman–Crippen MR) is 70.4 cm³/mol. The molecule has 0 saturated heterocycles. The van der Waals surface area contributed by atoms with E-state index in [9.17, 15) is 18.0 Å². The molecule has 0 saturated carbocycles. The minimum absolute atomic E-state index is 0.107. The van der Waals surface area contributed by atoms with Gasteiger partial charge >= 0.3 is 5.97 Å². The molecular formula is C12H22O6S. The number of esters is 1. The SMILES string of the molecule is CCCCCCCCOC(=O)C(CC=O)S(=O)(=O)O. The van der Waals surface area contributed by atoms with Gasteiger partial charge in [0.05, 0.1) is 6.61 Å². The van der Waals surface area contributed by atoms with E-state index in [4.69, 9.17) is 9.29 Å². The highest BCUT2D eigenvalue weighted by atomic mass is 32.2. The van der Waals surface area contributed by atoms with Gasteiger partial charge in [-0.15, -0.1) is 0 Å². The maximum Gasteiger partial charge on any atom is 0.327 e. The molecule has 0 bridgehead atoms. The Morgan fingerprint density at radius 2 is 1.79 bits per heavy atom. The molecule has 0 amide bonds. The molecule has 0 aliphatic heterocycles.